The van der Waals surface area contributed by atoms with Crippen molar-refractivity contribution >= 4 is 5.91 Å². The first-order valence-electron chi connectivity index (χ1n) is 7.63. The van der Waals surface area contributed by atoms with Crippen LogP contribution in [0.3, 0.4) is 0 Å². The molecular weight excluding hydrogens is 234 g/mol. The first-order chi connectivity index (χ1) is 9.28. The fourth-order valence-corrected chi connectivity index (χ4v) is 3.85. The Morgan fingerprint density at radius 1 is 1.16 bits per heavy atom. The Labute approximate surface area is 115 Å². The molecule has 3 rings (SSSR count). The maximum Gasteiger partial charge on any atom is 0.227 e. The van der Waals surface area contributed by atoms with Gasteiger partial charge in [-0.1, -0.05) is 43.7 Å². The van der Waals surface area contributed by atoms with Gasteiger partial charge in [0.15, 0.2) is 0 Å². The second-order valence-corrected chi connectivity index (χ2v) is 6.16. The molecule has 0 spiro atoms. The van der Waals surface area contributed by atoms with Crippen molar-refractivity contribution in [1.82, 2.24) is 5.32 Å². The summed E-state index contributed by atoms with van der Waals surface area (Å²) in [5.41, 5.74) is 1.18. The summed E-state index contributed by atoms with van der Waals surface area (Å²) >= 11 is 0. The number of hydrogen-bond acceptors (Lipinski definition) is 1. The van der Waals surface area contributed by atoms with E-state index in [2.05, 4.69) is 24.4 Å². The SMILES string of the molecule is CCC1CCC2NC(=O)C(c3ccccc3)CC2C1. The van der Waals surface area contributed by atoms with Crippen LogP contribution in [-0.4, -0.2) is 11.9 Å². The van der Waals surface area contributed by atoms with Gasteiger partial charge in [-0.25, -0.2) is 0 Å². The number of nitrogens with one attached hydrogen (secondary N) is 1. The number of rotatable bonds is 2. The third kappa shape index (κ3) is 2.54. The fraction of sp³-hybridized carbons (Fsp3) is 0.588. The second-order valence-electron chi connectivity index (χ2n) is 6.16. The van der Waals surface area contributed by atoms with Crippen LogP contribution in [0.5, 0.6) is 0 Å². The quantitative estimate of drug-likeness (QED) is 0.863. The van der Waals surface area contributed by atoms with Crippen molar-refractivity contribution < 1.29 is 4.79 Å². The summed E-state index contributed by atoms with van der Waals surface area (Å²) in [4.78, 5) is 12.3. The van der Waals surface area contributed by atoms with Crippen LogP contribution in [0, 0.1) is 11.8 Å². The maximum atomic E-state index is 12.3. The Morgan fingerprint density at radius 3 is 2.68 bits per heavy atom. The minimum absolute atomic E-state index is 0.0676. The average molecular weight is 257 g/mol. The fourth-order valence-electron chi connectivity index (χ4n) is 3.85. The Kier molecular flexibility index (Phi) is 3.58. The zero-order valence-electron chi connectivity index (χ0n) is 11.6. The first-order valence-corrected chi connectivity index (χ1v) is 7.63. The first kappa shape index (κ1) is 12.7. The van der Waals surface area contributed by atoms with Gasteiger partial charge >= 0.3 is 0 Å². The van der Waals surface area contributed by atoms with Crippen LogP contribution in [0.25, 0.3) is 0 Å². The number of hydrogen-bond donors (Lipinski definition) is 1. The van der Waals surface area contributed by atoms with Gasteiger partial charge in [0.1, 0.15) is 0 Å². The summed E-state index contributed by atoms with van der Waals surface area (Å²) in [5, 5.41) is 3.27. The van der Waals surface area contributed by atoms with Crippen LogP contribution in [-0.2, 0) is 4.79 Å². The van der Waals surface area contributed by atoms with E-state index in [9.17, 15) is 4.79 Å². The molecule has 1 aromatic rings. The van der Waals surface area contributed by atoms with E-state index in [4.69, 9.17) is 0 Å². The van der Waals surface area contributed by atoms with Crippen molar-refractivity contribution in [3.05, 3.63) is 35.9 Å². The van der Waals surface area contributed by atoms with E-state index in [-0.39, 0.29) is 11.8 Å². The standard InChI is InChI=1S/C17H23NO/c1-2-12-8-9-16-14(10-12)11-15(17(19)18-16)13-6-4-3-5-7-13/h3-7,12,14-16H,2,8-11H2,1H3,(H,18,19). The van der Waals surface area contributed by atoms with Gasteiger partial charge in [-0.3, -0.25) is 4.79 Å². The van der Waals surface area contributed by atoms with E-state index in [1.54, 1.807) is 0 Å². The normalized spacial score (nSPS) is 34.5. The molecule has 2 heteroatoms. The molecular formula is C17H23NO. The van der Waals surface area contributed by atoms with Crippen molar-refractivity contribution in [2.45, 2.75) is 51.0 Å². The van der Waals surface area contributed by atoms with Crippen LogP contribution >= 0.6 is 0 Å². The van der Waals surface area contributed by atoms with E-state index < -0.39 is 0 Å². The Bertz CT molecular complexity index is 442. The smallest absolute Gasteiger partial charge is 0.227 e. The minimum Gasteiger partial charge on any atom is -0.353 e. The molecule has 1 amide bonds. The second kappa shape index (κ2) is 5.36. The maximum absolute atomic E-state index is 12.3. The van der Waals surface area contributed by atoms with Gasteiger partial charge in [0.05, 0.1) is 5.92 Å². The largest absolute Gasteiger partial charge is 0.353 e. The molecule has 1 heterocycles. The topological polar surface area (TPSA) is 29.1 Å². The molecule has 1 aliphatic carbocycles. The Morgan fingerprint density at radius 2 is 1.95 bits per heavy atom. The summed E-state index contributed by atoms with van der Waals surface area (Å²) in [7, 11) is 0. The van der Waals surface area contributed by atoms with Crippen molar-refractivity contribution in [3.63, 3.8) is 0 Å². The lowest BCUT2D eigenvalue weighted by Gasteiger charge is -2.42. The molecule has 2 aliphatic rings. The molecule has 0 aromatic heterocycles. The van der Waals surface area contributed by atoms with Crippen molar-refractivity contribution in [2.75, 3.05) is 0 Å². The molecule has 2 nitrogen and oxygen atoms in total. The van der Waals surface area contributed by atoms with Gasteiger partial charge in [0.2, 0.25) is 5.91 Å². The third-order valence-electron chi connectivity index (χ3n) is 5.05. The summed E-state index contributed by atoms with van der Waals surface area (Å²) in [6.07, 6.45) is 6.08. The molecule has 1 N–H and O–H groups in total. The van der Waals surface area contributed by atoms with Gasteiger partial charge in [-0.2, -0.15) is 0 Å². The number of amides is 1. The number of fused-ring (bicyclic) bond motifs is 1. The van der Waals surface area contributed by atoms with Gasteiger partial charge < -0.3 is 5.32 Å². The van der Waals surface area contributed by atoms with Crippen molar-refractivity contribution in [1.29, 1.82) is 0 Å². The van der Waals surface area contributed by atoms with Crippen LogP contribution in [0.15, 0.2) is 30.3 Å². The van der Waals surface area contributed by atoms with Gasteiger partial charge in [0.25, 0.3) is 0 Å². The van der Waals surface area contributed by atoms with E-state index >= 15 is 0 Å². The van der Waals surface area contributed by atoms with Gasteiger partial charge in [0, 0.05) is 6.04 Å². The van der Waals surface area contributed by atoms with Crippen LogP contribution in [0.2, 0.25) is 0 Å². The van der Waals surface area contributed by atoms with Gasteiger partial charge in [-0.15, -0.1) is 0 Å². The predicted octanol–water partition coefficient (Wildman–Crippen LogP) is 3.49. The zero-order chi connectivity index (χ0) is 13.2. The highest BCUT2D eigenvalue weighted by atomic mass is 16.2. The highest BCUT2D eigenvalue weighted by Gasteiger charge is 2.39. The molecule has 19 heavy (non-hydrogen) atoms. The van der Waals surface area contributed by atoms with Crippen molar-refractivity contribution in [3.8, 4) is 0 Å². The molecule has 102 valence electrons. The Hall–Kier alpha value is -1.31. The van der Waals surface area contributed by atoms with Crippen LogP contribution in [0.1, 0.15) is 50.5 Å². The van der Waals surface area contributed by atoms with Gasteiger partial charge in [-0.05, 0) is 43.1 Å². The van der Waals surface area contributed by atoms with Crippen LogP contribution < -0.4 is 5.32 Å². The molecule has 4 atom stereocenters. The molecule has 0 bridgehead atoms. The average Bonchev–Trinajstić information content (AvgIpc) is 2.47. The molecule has 1 saturated heterocycles. The Balaban J connectivity index is 1.76. The lowest BCUT2D eigenvalue weighted by Crippen LogP contribution is -2.50. The predicted molar refractivity (Wildman–Crippen MR) is 76.9 cm³/mol. The lowest BCUT2D eigenvalue weighted by molar-refractivity contribution is -0.127. The lowest BCUT2D eigenvalue weighted by atomic mass is 9.70. The molecule has 1 aromatic carbocycles. The summed E-state index contributed by atoms with van der Waals surface area (Å²) in [6, 6.07) is 10.7. The zero-order valence-corrected chi connectivity index (χ0v) is 11.6. The monoisotopic (exact) mass is 257 g/mol. The number of piperidine rings is 1. The third-order valence-corrected chi connectivity index (χ3v) is 5.05. The molecule has 1 aliphatic heterocycles. The van der Waals surface area contributed by atoms with Crippen LogP contribution in [0.4, 0.5) is 0 Å². The summed E-state index contributed by atoms with van der Waals surface area (Å²) in [6.45, 7) is 2.29. The highest BCUT2D eigenvalue weighted by Crippen LogP contribution is 2.40. The summed E-state index contributed by atoms with van der Waals surface area (Å²) < 4.78 is 0. The van der Waals surface area contributed by atoms with E-state index in [0.29, 0.717) is 12.0 Å². The molecule has 1 saturated carbocycles. The molecule has 4 unspecified atom stereocenters. The van der Waals surface area contributed by atoms with E-state index in [0.717, 1.165) is 12.3 Å². The number of carbonyl (C=O) groups excluding carboxylic acids is 1. The molecule has 0 radical (unpaired) electrons. The minimum atomic E-state index is 0.0676. The molecule has 2 fully saturated rings. The van der Waals surface area contributed by atoms with E-state index in [1.807, 2.05) is 18.2 Å². The van der Waals surface area contributed by atoms with E-state index in [1.165, 1.54) is 31.2 Å². The summed E-state index contributed by atoms with van der Waals surface area (Å²) in [5.74, 6) is 1.86. The number of benzene rings is 1. The highest BCUT2D eigenvalue weighted by molar-refractivity contribution is 5.84. The number of carbonyl (C=O) groups is 1. The van der Waals surface area contributed by atoms with Crippen molar-refractivity contribution in [2.24, 2.45) is 11.8 Å².